The maximum Gasteiger partial charge on any atom is 0.251 e. The number of carbonyl (C=O) groups is 3. The fraction of sp³-hybridized carbons (Fsp3) is 0.441. The number of fused-ring (bicyclic) bond motifs is 1. The second kappa shape index (κ2) is 13.3. The zero-order valence-corrected chi connectivity index (χ0v) is 26.2. The first-order valence-electron chi connectivity index (χ1n) is 15.0. The third kappa shape index (κ3) is 5.54. The van der Waals surface area contributed by atoms with Crippen LogP contribution in [0, 0.1) is 18.8 Å². The van der Waals surface area contributed by atoms with Gasteiger partial charge in [0.15, 0.2) is 0 Å². The molecule has 5 atom stereocenters. The topological polar surface area (TPSA) is 81.2 Å². The number of aliphatic hydroxyl groups is 1. The first-order chi connectivity index (χ1) is 20.8. The predicted octanol–water partition coefficient (Wildman–Crippen LogP) is 5.64. The Kier molecular flexibility index (Phi) is 9.69. The standard InChI is InChI=1S/C34H40ClN3O4S/c1-4-19-36(24-14-8-6-9-15-24)31(40)27-26-17-18-34(43-26)28(27)32(41)38(21-10-7-11-22-39)30(34)33(42)37(20-5-2)29-23(3)13-12-16-25(29)35/h4-6,8-9,12-16,26-28,30,39H,1-2,7,10-11,17-22H2,3H3/t26-,27+,28-,30?,34?/m0/s1. The van der Waals surface area contributed by atoms with Gasteiger partial charge in [0.25, 0.3) is 5.91 Å². The molecular formula is C34H40ClN3O4S. The number of nitrogens with zero attached hydrogens (tertiary/aromatic N) is 3. The van der Waals surface area contributed by atoms with Crippen LogP contribution in [-0.4, -0.2) is 70.0 Å². The Morgan fingerprint density at radius 3 is 2.44 bits per heavy atom. The largest absolute Gasteiger partial charge is 0.396 e. The van der Waals surface area contributed by atoms with Crippen molar-refractivity contribution < 1.29 is 19.5 Å². The third-order valence-electron chi connectivity index (χ3n) is 9.06. The molecule has 3 heterocycles. The maximum atomic E-state index is 14.8. The molecule has 43 heavy (non-hydrogen) atoms. The lowest BCUT2D eigenvalue weighted by atomic mass is 9.70. The highest BCUT2D eigenvalue weighted by Gasteiger charge is 2.74. The molecule has 228 valence electrons. The number of unbranched alkanes of at least 4 members (excludes halogenated alkanes) is 2. The van der Waals surface area contributed by atoms with E-state index in [2.05, 4.69) is 13.2 Å². The summed E-state index contributed by atoms with van der Waals surface area (Å²) >= 11 is 8.34. The lowest BCUT2D eigenvalue weighted by molar-refractivity contribution is -0.139. The van der Waals surface area contributed by atoms with Gasteiger partial charge in [-0.25, -0.2) is 0 Å². The van der Waals surface area contributed by atoms with E-state index in [1.54, 1.807) is 44.7 Å². The number of hydrogen-bond acceptors (Lipinski definition) is 5. The molecule has 3 aliphatic rings. The summed E-state index contributed by atoms with van der Waals surface area (Å²) in [7, 11) is 0. The Bertz CT molecular complexity index is 1370. The minimum absolute atomic E-state index is 0.0563. The molecule has 3 saturated heterocycles. The molecule has 0 radical (unpaired) electrons. The molecule has 2 bridgehead atoms. The van der Waals surface area contributed by atoms with Gasteiger partial charge in [-0.2, -0.15) is 0 Å². The van der Waals surface area contributed by atoms with Crippen LogP contribution in [0.15, 0.2) is 73.8 Å². The van der Waals surface area contributed by atoms with E-state index in [0.29, 0.717) is 43.1 Å². The maximum absolute atomic E-state index is 14.8. The van der Waals surface area contributed by atoms with Crippen LogP contribution >= 0.6 is 23.4 Å². The van der Waals surface area contributed by atoms with Gasteiger partial charge in [-0.05, 0) is 62.8 Å². The van der Waals surface area contributed by atoms with E-state index in [-0.39, 0.29) is 36.1 Å². The quantitative estimate of drug-likeness (QED) is 0.231. The van der Waals surface area contributed by atoms with E-state index in [4.69, 9.17) is 11.6 Å². The summed E-state index contributed by atoms with van der Waals surface area (Å²) < 4.78 is -0.721. The van der Waals surface area contributed by atoms with Crippen molar-refractivity contribution in [2.45, 2.75) is 55.1 Å². The highest BCUT2D eigenvalue weighted by molar-refractivity contribution is 8.02. The number of rotatable bonds is 13. The molecule has 3 amide bonds. The van der Waals surface area contributed by atoms with Gasteiger partial charge in [0.1, 0.15) is 6.04 Å². The average molecular weight is 622 g/mol. The molecule has 7 nitrogen and oxygen atoms in total. The van der Waals surface area contributed by atoms with E-state index in [0.717, 1.165) is 24.1 Å². The van der Waals surface area contributed by atoms with Crippen LogP contribution in [0.2, 0.25) is 5.02 Å². The molecule has 0 saturated carbocycles. The number of aliphatic hydroxyl groups excluding tert-OH is 1. The zero-order valence-electron chi connectivity index (χ0n) is 24.7. The molecule has 1 spiro atoms. The fourth-order valence-corrected chi connectivity index (χ4v) is 9.83. The van der Waals surface area contributed by atoms with Gasteiger partial charge in [0, 0.05) is 37.2 Å². The molecule has 5 rings (SSSR count). The van der Waals surface area contributed by atoms with Crippen molar-refractivity contribution in [1.82, 2.24) is 4.90 Å². The molecule has 2 aromatic rings. The molecule has 3 aliphatic heterocycles. The molecule has 0 aromatic heterocycles. The van der Waals surface area contributed by atoms with Crippen LogP contribution < -0.4 is 9.80 Å². The Morgan fingerprint density at radius 2 is 1.77 bits per heavy atom. The van der Waals surface area contributed by atoms with E-state index in [1.807, 2.05) is 49.4 Å². The average Bonchev–Trinajstić information content (AvgIpc) is 3.64. The summed E-state index contributed by atoms with van der Waals surface area (Å²) in [4.78, 5) is 48.8. The number of halogens is 1. The minimum Gasteiger partial charge on any atom is -0.396 e. The molecule has 0 aliphatic carbocycles. The molecule has 2 aromatic carbocycles. The number of amides is 3. The number of anilines is 2. The van der Waals surface area contributed by atoms with Crippen LogP contribution in [0.3, 0.4) is 0 Å². The Morgan fingerprint density at radius 1 is 1.05 bits per heavy atom. The smallest absolute Gasteiger partial charge is 0.251 e. The van der Waals surface area contributed by atoms with Gasteiger partial charge in [-0.15, -0.1) is 24.9 Å². The van der Waals surface area contributed by atoms with Gasteiger partial charge < -0.3 is 19.8 Å². The number of para-hydroxylation sites is 2. The van der Waals surface area contributed by atoms with Gasteiger partial charge >= 0.3 is 0 Å². The Hall–Kier alpha value is -3.07. The van der Waals surface area contributed by atoms with Crippen LogP contribution in [-0.2, 0) is 14.4 Å². The van der Waals surface area contributed by atoms with Crippen LogP contribution in [0.5, 0.6) is 0 Å². The lowest BCUT2D eigenvalue weighted by Gasteiger charge is -2.38. The fourth-order valence-electron chi connectivity index (χ4n) is 7.30. The highest BCUT2D eigenvalue weighted by atomic mass is 35.5. The third-order valence-corrected chi connectivity index (χ3v) is 11.3. The summed E-state index contributed by atoms with van der Waals surface area (Å²) in [5.74, 6) is -1.57. The SMILES string of the molecule is C=CCN(C(=O)[C@@H]1[C@@H]2CCC3(S2)C(C(=O)N(CC=C)c2c(C)cccc2Cl)N(CCCCCO)C(=O)[C@H]13)c1ccccc1. The second-order valence-corrected chi connectivity index (χ2v) is 13.6. The predicted molar refractivity (Wildman–Crippen MR) is 174 cm³/mol. The van der Waals surface area contributed by atoms with Crippen molar-refractivity contribution >= 4 is 52.5 Å². The number of thioether (sulfide) groups is 1. The minimum atomic E-state index is -0.743. The summed E-state index contributed by atoms with van der Waals surface area (Å²) in [5, 5.41) is 9.75. The molecular weight excluding hydrogens is 582 g/mol. The Balaban J connectivity index is 1.56. The summed E-state index contributed by atoms with van der Waals surface area (Å²) in [6.45, 7) is 10.7. The molecule has 1 N–H and O–H groups in total. The molecule has 2 unspecified atom stereocenters. The summed E-state index contributed by atoms with van der Waals surface area (Å²) in [5.41, 5.74) is 2.24. The summed E-state index contributed by atoms with van der Waals surface area (Å²) in [6.07, 6.45) is 6.84. The normalized spacial score (nSPS) is 25.5. The van der Waals surface area contributed by atoms with Crippen LogP contribution in [0.25, 0.3) is 0 Å². The van der Waals surface area contributed by atoms with Crippen molar-refractivity contribution in [3.8, 4) is 0 Å². The van der Waals surface area contributed by atoms with Crippen molar-refractivity contribution in [2.24, 2.45) is 11.8 Å². The van der Waals surface area contributed by atoms with Crippen molar-refractivity contribution in [3.63, 3.8) is 0 Å². The summed E-state index contributed by atoms with van der Waals surface area (Å²) in [6, 6.07) is 14.3. The van der Waals surface area contributed by atoms with E-state index in [9.17, 15) is 19.5 Å². The number of benzene rings is 2. The van der Waals surface area contributed by atoms with Crippen molar-refractivity contribution in [3.05, 3.63) is 84.4 Å². The second-order valence-electron chi connectivity index (χ2n) is 11.6. The van der Waals surface area contributed by atoms with E-state index < -0.39 is 22.6 Å². The zero-order chi connectivity index (χ0) is 30.7. The number of aryl methyl sites for hydroxylation is 1. The van der Waals surface area contributed by atoms with E-state index in [1.165, 1.54) is 0 Å². The van der Waals surface area contributed by atoms with Crippen molar-refractivity contribution in [1.29, 1.82) is 0 Å². The van der Waals surface area contributed by atoms with E-state index >= 15 is 0 Å². The van der Waals surface area contributed by atoms with Crippen molar-refractivity contribution in [2.75, 3.05) is 36.0 Å². The molecule has 9 heteroatoms. The van der Waals surface area contributed by atoms with Gasteiger partial charge in [-0.3, -0.25) is 14.4 Å². The van der Waals surface area contributed by atoms with Crippen LogP contribution in [0.4, 0.5) is 11.4 Å². The molecule has 3 fully saturated rings. The number of likely N-dealkylation sites (tertiary alicyclic amines) is 1. The monoisotopic (exact) mass is 621 g/mol. The van der Waals surface area contributed by atoms with Gasteiger partial charge in [0.05, 0.1) is 27.3 Å². The number of carbonyl (C=O) groups excluding carboxylic acids is 3. The lowest BCUT2D eigenvalue weighted by Crippen LogP contribution is -2.55. The van der Waals surface area contributed by atoms with Gasteiger partial charge in [-0.1, -0.05) is 54.1 Å². The number of hydrogen-bond donors (Lipinski definition) is 1. The van der Waals surface area contributed by atoms with Gasteiger partial charge in [0.2, 0.25) is 11.8 Å². The Labute approximate surface area is 263 Å². The highest BCUT2D eigenvalue weighted by Crippen LogP contribution is 2.67. The van der Waals surface area contributed by atoms with Crippen LogP contribution in [0.1, 0.15) is 37.7 Å². The first kappa shape index (κ1) is 31.4. The first-order valence-corrected chi connectivity index (χ1v) is 16.3.